The number of benzene rings is 1. The van der Waals surface area contributed by atoms with E-state index in [1.165, 1.54) is 23.3 Å². The van der Waals surface area contributed by atoms with E-state index in [0.717, 1.165) is 12.8 Å². The topological polar surface area (TPSA) is 70.7 Å². The van der Waals surface area contributed by atoms with Gasteiger partial charge >= 0.3 is 5.97 Å². The molecule has 98 valence electrons. The van der Waals surface area contributed by atoms with Crippen LogP contribution in [0.5, 0.6) is 0 Å². The van der Waals surface area contributed by atoms with Gasteiger partial charge < -0.3 is 14.6 Å². The number of fused-ring (bicyclic) bond motifs is 1. The molecule has 3 rings (SSSR count). The van der Waals surface area contributed by atoms with E-state index < -0.39 is 12.1 Å². The molecule has 1 aromatic carbocycles. The predicted molar refractivity (Wildman–Crippen MR) is 68.0 cm³/mol. The van der Waals surface area contributed by atoms with Gasteiger partial charge in [0.25, 0.3) is 0 Å². The van der Waals surface area contributed by atoms with Crippen molar-refractivity contribution in [3.63, 3.8) is 0 Å². The van der Waals surface area contributed by atoms with Gasteiger partial charge in [0.2, 0.25) is 5.76 Å². The van der Waals surface area contributed by atoms with Gasteiger partial charge in [0.15, 0.2) is 0 Å². The zero-order valence-corrected chi connectivity index (χ0v) is 10.2. The van der Waals surface area contributed by atoms with Gasteiger partial charge in [0.05, 0.1) is 0 Å². The lowest BCUT2D eigenvalue weighted by Crippen LogP contribution is -2.12. The van der Waals surface area contributed by atoms with Gasteiger partial charge in [-0.2, -0.15) is 0 Å². The minimum atomic E-state index is -1.12. The third-order valence-electron chi connectivity index (χ3n) is 3.66. The predicted octanol–water partition coefficient (Wildman–Crippen LogP) is 2.43. The standard InChI is InChI=1S/C15H14O4/c16-14(12-5-6-13(19-12)15(17)18)11-7-9-3-1-2-4-10(9)8-11/h1-6,11,14,16H,7-8H2,(H,17,18). The minimum Gasteiger partial charge on any atom is -0.475 e. The lowest BCUT2D eigenvalue weighted by molar-refractivity contribution is 0.0628. The highest BCUT2D eigenvalue weighted by Crippen LogP contribution is 2.35. The van der Waals surface area contributed by atoms with E-state index in [2.05, 4.69) is 12.1 Å². The van der Waals surface area contributed by atoms with E-state index in [1.54, 1.807) is 0 Å². The summed E-state index contributed by atoms with van der Waals surface area (Å²) in [4.78, 5) is 10.8. The van der Waals surface area contributed by atoms with Crippen LogP contribution in [0, 0.1) is 5.92 Å². The third kappa shape index (κ3) is 2.15. The number of hydrogen-bond donors (Lipinski definition) is 2. The number of carboxylic acid groups (broad SMARTS) is 1. The number of furan rings is 1. The Morgan fingerprint density at radius 3 is 2.32 bits per heavy atom. The van der Waals surface area contributed by atoms with E-state index in [9.17, 15) is 9.90 Å². The lowest BCUT2D eigenvalue weighted by Gasteiger charge is -2.15. The van der Waals surface area contributed by atoms with Gasteiger partial charge in [0, 0.05) is 5.92 Å². The van der Waals surface area contributed by atoms with Crippen LogP contribution in [0.25, 0.3) is 0 Å². The summed E-state index contributed by atoms with van der Waals surface area (Å²) in [6, 6.07) is 11.0. The Morgan fingerprint density at radius 1 is 1.16 bits per heavy atom. The maximum Gasteiger partial charge on any atom is 0.371 e. The lowest BCUT2D eigenvalue weighted by atomic mass is 9.97. The van der Waals surface area contributed by atoms with Crippen LogP contribution in [-0.2, 0) is 12.8 Å². The summed E-state index contributed by atoms with van der Waals surface area (Å²) in [6.45, 7) is 0. The molecule has 2 aromatic rings. The second kappa shape index (κ2) is 4.55. The highest BCUT2D eigenvalue weighted by Gasteiger charge is 2.30. The van der Waals surface area contributed by atoms with E-state index in [-0.39, 0.29) is 11.7 Å². The molecule has 1 aliphatic rings. The van der Waals surface area contributed by atoms with Crippen LogP contribution in [0.3, 0.4) is 0 Å². The highest BCUT2D eigenvalue weighted by molar-refractivity contribution is 5.84. The van der Waals surface area contributed by atoms with Gasteiger partial charge in [-0.3, -0.25) is 0 Å². The second-order valence-corrected chi connectivity index (χ2v) is 4.89. The van der Waals surface area contributed by atoms with Crippen LogP contribution in [0.1, 0.15) is 33.5 Å². The maximum atomic E-state index is 10.8. The molecule has 1 atom stereocenters. The van der Waals surface area contributed by atoms with Crippen molar-refractivity contribution < 1.29 is 19.4 Å². The fourth-order valence-corrected chi connectivity index (χ4v) is 2.68. The Labute approximate surface area is 110 Å². The summed E-state index contributed by atoms with van der Waals surface area (Å²) >= 11 is 0. The number of carboxylic acids is 1. The van der Waals surface area contributed by atoms with Crippen LogP contribution < -0.4 is 0 Å². The van der Waals surface area contributed by atoms with Crippen molar-refractivity contribution in [1.82, 2.24) is 0 Å². The van der Waals surface area contributed by atoms with Crippen molar-refractivity contribution in [3.05, 3.63) is 59.0 Å². The molecule has 4 nitrogen and oxygen atoms in total. The molecule has 0 radical (unpaired) electrons. The normalized spacial score (nSPS) is 16.3. The summed E-state index contributed by atoms with van der Waals surface area (Å²) < 4.78 is 5.17. The smallest absolute Gasteiger partial charge is 0.371 e. The maximum absolute atomic E-state index is 10.8. The SMILES string of the molecule is O=C(O)c1ccc(C(O)C2Cc3ccccc3C2)o1. The molecule has 1 aromatic heterocycles. The molecule has 0 fully saturated rings. The van der Waals surface area contributed by atoms with E-state index >= 15 is 0 Å². The molecule has 0 aliphatic heterocycles. The molecule has 1 unspecified atom stereocenters. The van der Waals surface area contributed by atoms with E-state index in [1.807, 2.05) is 12.1 Å². The van der Waals surface area contributed by atoms with E-state index in [0.29, 0.717) is 5.76 Å². The summed E-state index contributed by atoms with van der Waals surface area (Å²) in [5, 5.41) is 19.1. The Kier molecular flexibility index (Phi) is 2.87. The summed E-state index contributed by atoms with van der Waals surface area (Å²) in [5.74, 6) is -0.877. The Morgan fingerprint density at radius 2 is 1.79 bits per heavy atom. The Hall–Kier alpha value is -2.07. The molecule has 4 heteroatoms. The van der Waals surface area contributed by atoms with Gasteiger partial charge in [0.1, 0.15) is 11.9 Å². The van der Waals surface area contributed by atoms with Gasteiger partial charge in [-0.15, -0.1) is 0 Å². The fraction of sp³-hybridized carbons (Fsp3) is 0.267. The van der Waals surface area contributed by atoms with Crippen molar-refractivity contribution in [2.24, 2.45) is 5.92 Å². The molecule has 1 aliphatic carbocycles. The molecule has 0 spiro atoms. The quantitative estimate of drug-likeness (QED) is 0.887. The first kappa shape index (κ1) is 12.0. The van der Waals surface area contributed by atoms with Crippen molar-refractivity contribution >= 4 is 5.97 Å². The zero-order valence-electron chi connectivity index (χ0n) is 10.2. The second-order valence-electron chi connectivity index (χ2n) is 4.89. The molecule has 2 N–H and O–H groups in total. The minimum absolute atomic E-state index is 0.0465. The zero-order chi connectivity index (χ0) is 13.4. The van der Waals surface area contributed by atoms with Crippen LogP contribution in [0.15, 0.2) is 40.8 Å². The molecular formula is C15H14O4. The first-order valence-electron chi connectivity index (χ1n) is 6.23. The number of aliphatic hydroxyl groups is 1. The summed E-state index contributed by atoms with van der Waals surface area (Å²) in [7, 11) is 0. The van der Waals surface area contributed by atoms with E-state index in [4.69, 9.17) is 9.52 Å². The number of aliphatic hydroxyl groups excluding tert-OH is 1. The van der Waals surface area contributed by atoms with Crippen LogP contribution >= 0.6 is 0 Å². The fourth-order valence-electron chi connectivity index (χ4n) is 2.68. The van der Waals surface area contributed by atoms with Crippen molar-refractivity contribution in [2.45, 2.75) is 18.9 Å². The van der Waals surface area contributed by atoms with Crippen LogP contribution in [0.2, 0.25) is 0 Å². The summed E-state index contributed by atoms with van der Waals surface area (Å²) in [5.41, 5.74) is 2.49. The first-order valence-corrected chi connectivity index (χ1v) is 6.23. The number of hydrogen-bond acceptors (Lipinski definition) is 3. The molecule has 1 heterocycles. The molecule has 0 saturated heterocycles. The average Bonchev–Trinajstić information content (AvgIpc) is 3.04. The monoisotopic (exact) mass is 258 g/mol. The van der Waals surface area contributed by atoms with Crippen LogP contribution in [0.4, 0.5) is 0 Å². The van der Waals surface area contributed by atoms with Gasteiger partial charge in [-0.25, -0.2) is 4.79 Å². The molecule has 0 bridgehead atoms. The van der Waals surface area contributed by atoms with Gasteiger partial charge in [-0.05, 0) is 36.1 Å². The van der Waals surface area contributed by atoms with Gasteiger partial charge in [-0.1, -0.05) is 24.3 Å². The van der Waals surface area contributed by atoms with Crippen LogP contribution in [-0.4, -0.2) is 16.2 Å². The number of carbonyl (C=O) groups is 1. The Bertz CT molecular complexity index is 589. The molecule has 0 amide bonds. The van der Waals surface area contributed by atoms with Crippen molar-refractivity contribution in [3.8, 4) is 0 Å². The molecular weight excluding hydrogens is 244 g/mol. The highest BCUT2D eigenvalue weighted by atomic mass is 16.4. The molecule has 0 saturated carbocycles. The third-order valence-corrected chi connectivity index (χ3v) is 3.66. The van der Waals surface area contributed by atoms with Crippen molar-refractivity contribution in [2.75, 3.05) is 0 Å². The van der Waals surface area contributed by atoms with Crippen molar-refractivity contribution in [1.29, 1.82) is 0 Å². The largest absolute Gasteiger partial charge is 0.475 e. The number of rotatable bonds is 3. The Balaban J connectivity index is 1.79. The number of aromatic carboxylic acids is 1. The molecule has 19 heavy (non-hydrogen) atoms. The summed E-state index contributed by atoms with van der Waals surface area (Å²) in [6.07, 6.45) is 0.821. The average molecular weight is 258 g/mol. The first-order chi connectivity index (χ1) is 9.15.